The van der Waals surface area contributed by atoms with Crippen LogP contribution < -0.4 is 0 Å². The molecule has 0 aromatic heterocycles. The summed E-state index contributed by atoms with van der Waals surface area (Å²) in [6.45, 7) is 2.63. The summed E-state index contributed by atoms with van der Waals surface area (Å²) < 4.78 is 5.34. The molecule has 3 heteroatoms. The topological polar surface area (TPSA) is 46.5 Å². The average Bonchev–Trinajstić information content (AvgIpc) is 2.05. The molecule has 1 heterocycles. The minimum atomic E-state index is -0.674. The molecule has 0 amide bonds. The molecule has 1 saturated heterocycles. The first kappa shape index (κ1) is 8.53. The quantitative estimate of drug-likeness (QED) is 0.658. The molecule has 0 unspecified atom stereocenters. The summed E-state index contributed by atoms with van der Waals surface area (Å²) >= 11 is 0. The lowest BCUT2D eigenvalue weighted by atomic mass is 9.95. The highest BCUT2D eigenvalue weighted by atomic mass is 16.5. The van der Waals surface area contributed by atoms with Gasteiger partial charge in [-0.05, 0) is 19.3 Å². The standard InChI is InChI=1S/C8H14O3/c1-2-7-5-6(8(9)10)3-4-11-7/h6-7H,2-5H2,1H3,(H,9,10)/t6-,7+/m1/s1. The van der Waals surface area contributed by atoms with Crippen LogP contribution in [0, 0.1) is 5.92 Å². The maximum atomic E-state index is 10.6. The third-order valence-corrected chi connectivity index (χ3v) is 2.17. The Morgan fingerprint density at radius 2 is 2.45 bits per heavy atom. The zero-order valence-corrected chi connectivity index (χ0v) is 6.75. The van der Waals surface area contributed by atoms with Crippen molar-refractivity contribution >= 4 is 5.97 Å². The highest BCUT2D eigenvalue weighted by Gasteiger charge is 2.26. The molecule has 0 aliphatic carbocycles. The molecule has 2 atom stereocenters. The lowest BCUT2D eigenvalue weighted by molar-refractivity contribution is -0.147. The van der Waals surface area contributed by atoms with Gasteiger partial charge in [-0.25, -0.2) is 0 Å². The number of rotatable bonds is 2. The molecule has 11 heavy (non-hydrogen) atoms. The van der Waals surface area contributed by atoms with Crippen LogP contribution in [0.15, 0.2) is 0 Å². The number of ether oxygens (including phenoxy) is 1. The molecule has 0 aromatic rings. The fraction of sp³-hybridized carbons (Fsp3) is 0.875. The molecule has 1 N–H and O–H groups in total. The Kier molecular flexibility index (Phi) is 2.88. The van der Waals surface area contributed by atoms with Crippen molar-refractivity contribution in [2.45, 2.75) is 32.3 Å². The maximum absolute atomic E-state index is 10.6. The van der Waals surface area contributed by atoms with Gasteiger partial charge in [0, 0.05) is 6.61 Å². The third kappa shape index (κ3) is 2.19. The Balaban J connectivity index is 2.39. The van der Waals surface area contributed by atoms with E-state index in [-0.39, 0.29) is 12.0 Å². The highest BCUT2D eigenvalue weighted by molar-refractivity contribution is 5.70. The first-order valence-corrected chi connectivity index (χ1v) is 4.08. The molecule has 0 aromatic carbocycles. The second kappa shape index (κ2) is 3.72. The molecular formula is C8H14O3. The molecule has 0 spiro atoms. The molecule has 0 radical (unpaired) electrons. The van der Waals surface area contributed by atoms with Crippen molar-refractivity contribution in [2.24, 2.45) is 5.92 Å². The third-order valence-electron chi connectivity index (χ3n) is 2.17. The van der Waals surface area contributed by atoms with Crippen molar-refractivity contribution in [3.05, 3.63) is 0 Å². The Labute approximate surface area is 66.4 Å². The first-order chi connectivity index (χ1) is 5.24. The van der Waals surface area contributed by atoms with E-state index in [2.05, 4.69) is 0 Å². The molecular weight excluding hydrogens is 144 g/mol. The number of carboxylic acid groups (broad SMARTS) is 1. The normalized spacial score (nSPS) is 31.7. The van der Waals surface area contributed by atoms with Crippen LogP contribution in [0.5, 0.6) is 0 Å². The largest absolute Gasteiger partial charge is 0.481 e. The van der Waals surface area contributed by atoms with Gasteiger partial charge in [-0.15, -0.1) is 0 Å². The van der Waals surface area contributed by atoms with E-state index in [9.17, 15) is 4.79 Å². The molecule has 0 bridgehead atoms. The summed E-state index contributed by atoms with van der Waals surface area (Å²) in [4.78, 5) is 10.6. The van der Waals surface area contributed by atoms with Crippen LogP contribution in [0.4, 0.5) is 0 Å². The minimum Gasteiger partial charge on any atom is -0.481 e. The van der Waals surface area contributed by atoms with Gasteiger partial charge in [0.2, 0.25) is 0 Å². The SMILES string of the molecule is CC[C@H]1C[C@H](C(=O)O)CCO1. The molecule has 3 nitrogen and oxygen atoms in total. The van der Waals surface area contributed by atoms with Gasteiger partial charge in [0.05, 0.1) is 12.0 Å². The summed E-state index contributed by atoms with van der Waals surface area (Å²) in [5.41, 5.74) is 0. The van der Waals surface area contributed by atoms with E-state index in [4.69, 9.17) is 9.84 Å². The van der Waals surface area contributed by atoms with Gasteiger partial charge in [0.15, 0.2) is 0 Å². The second-order valence-corrected chi connectivity index (χ2v) is 2.96. The van der Waals surface area contributed by atoms with E-state index >= 15 is 0 Å². The van der Waals surface area contributed by atoms with Crippen LogP contribution in [0.1, 0.15) is 26.2 Å². The Morgan fingerprint density at radius 1 is 1.73 bits per heavy atom. The molecule has 1 aliphatic heterocycles. The van der Waals surface area contributed by atoms with E-state index in [1.807, 2.05) is 6.92 Å². The number of aliphatic carboxylic acids is 1. The Bertz CT molecular complexity index is 144. The van der Waals surface area contributed by atoms with Crippen molar-refractivity contribution < 1.29 is 14.6 Å². The van der Waals surface area contributed by atoms with Gasteiger partial charge in [0.1, 0.15) is 0 Å². The minimum absolute atomic E-state index is 0.171. The average molecular weight is 158 g/mol. The Morgan fingerprint density at radius 3 is 3.00 bits per heavy atom. The highest BCUT2D eigenvalue weighted by Crippen LogP contribution is 2.21. The van der Waals surface area contributed by atoms with Gasteiger partial charge in [-0.1, -0.05) is 6.92 Å². The monoisotopic (exact) mass is 158 g/mol. The predicted molar refractivity (Wildman–Crippen MR) is 40.4 cm³/mol. The van der Waals surface area contributed by atoms with Crippen LogP contribution in [0.25, 0.3) is 0 Å². The van der Waals surface area contributed by atoms with E-state index in [0.29, 0.717) is 19.4 Å². The molecule has 1 aliphatic rings. The number of hydrogen-bond acceptors (Lipinski definition) is 2. The summed E-state index contributed by atoms with van der Waals surface area (Å²) in [7, 11) is 0. The molecule has 1 fully saturated rings. The zero-order chi connectivity index (χ0) is 8.27. The van der Waals surface area contributed by atoms with Crippen LogP contribution in [0.2, 0.25) is 0 Å². The smallest absolute Gasteiger partial charge is 0.306 e. The summed E-state index contributed by atoms with van der Waals surface area (Å²) in [5, 5.41) is 8.70. The van der Waals surface area contributed by atoms with Gasteiger partial charge in [0.25, 0.3) is 0 Å². The van der Waals surface area contributed by atoms with Gasteiger partial charge >= 0.3 is 5.97 Å². The van der Waals surface area contributed by atoms with Crippen LogP contribution in [-0.4, -0.2) is 23.8 Å². The fourth-order valence-corrected chi connectivity index (χ4v) is 1.39. The molecule has 64 valence electrons. The van der Waals surface area contributed by atoms with E-state index in [1.54, 1.807) is 0 Å². The van der Waals surface area contributed by atoms with Crippen molar-refractivity contribution in [1.82, 2.24) is 0 Å². The van der Waals surface area contributed by atoms with E-state index in [1.165, 1.54) is 0 Å². The number of carbonyl (C=O) groups is 1. The van der Waals surface area contributed by atoms with E-state index in [0.717, 1.165) is 6.42 Å². The van der Waals surface area contributed by atoms with Crippen molar-refractivity contribution in [1.29, 1.82) is 0 Å². The lowest BCUT2D eigenvalue weighted by Gasteiger charge is -2.25. The molecule has 1 rings (SSSR count). The Hall–Kier alpha value is -0.570. The summed E-state index contributed by atoms with van der Waals surface area (Å²) in [6, 6.07) is 0. The van der Waals surface area contributed by atoms with Crippen LogP contribution in [0.3, 0.4) is 0 Å². The van der Waals surface area contributed by atoms with Gasteiger partial charge in [-0.2, -0.15) is 0 Å². The van der Waals surface area contributed by atoms with Gasteiger partial charge < -0.3 is 9.84 Å². The second-order valence-electron chi connectivity index (χ2n) is 2.96. The summed E-state index contributed by atoms with van der Waals surface area (Å²) in [5.74, 6) is -0.847. The van der Waals surface area contributed by atoms with E-state index < -0.39 is 5.97 Å². The van der Waals surface area contributed by atoms with Crippen molar-refractivity contribution in [3.63, 3.8) is 0 Å². The predicted octanol–water partition coefficient (Wildman–Crippen LogP) is 1.28. The zero-order valence-electron chi connectivity index (χ0n) is 6.75. The maximum Gasteiger partial charge on any atom is 0.306 e. The van der Waals surface area contributed by atoms with Crippen LogP contribution in [-0.2, 0) is 9.53 Å². The van der Waals surface area contributed by atoms with Crippen molar-refractivity contribution in [2.75, 3.05) is 6.61 Å². The number of carboxylic acids is 1. The van der Waals surface area contributed by atoms with Gasteiger partial charge in [-0.3, -0.25) is 4.79 Å². The fourth-order valence-electron chi connectivity index (χ4n) is 1.39. The first-order valence-electron chi connectivity index (χ1n) is 4.08. The summed E-state index contributed by atoms with van der Waals surface area (Å²) in [6.07, 6.45) is 2.45. The number of hydrogen-bond donors (Lipinski definition) is 1. The lowest BCUT2D eigenvalue weighted by Crippen LogP contribution is -2.29. The molecule has 0 saturated carbocycles. The van der Waals surface area contributed by atoms with Crippen LogP contribution >= 0.6 is 0 Å². The van der Waals surface area contributed by atoms with Crippen molar-refractivity contribution in [3.8, 4) is 0 Å².